The molecular formula is C18H20BrNO5. The van der Waals surface area contributed by atoms with Gasteiger partial charge in [0.05, 0.1) is 23.3 Å². The van der Waals surface area contributed by atoms with Gasteiger partial charge in [0.25, 0.3) is 11.8 Å². The Balaban J connectivity index is 1.83. The number of hydrogen-bond acceptors (Lipinski definition) is 5. The molecule has 7 heteroatoms. The number of rotatable bonds is 3. The molecule has 1 fully saturated rings. The van der Waals surface area contributed by atoms with Gasteiger partial charge in [-0.25, -0.2) is 0 Å². The zero-order valence-electron chi connectivity index (χ0n) is 14.3. The summed E-state index contributed by atoms with van der Waals surface area (Å²) in [6.45, 7) is 5.46. The van der Waals surface area contributed by atoms with E-state index in [1.807, 2.05) is 13.8 Å². The lowest BCUT2D eigenvalue weighted by molar-refractivity contribution is -0.155. The summed E-state index contributed by atoms with van der Waals surface area (Å²) in [5.41, 5.74) is 0.850. The Bertz CT molecular complexity index is 686. The second-order valence-electron chi connectivity index (χ2n) is 6.56. The van der Waals surface area contributed by atoms with Crippen molar-refractivity contribution in [2.24, 2.45) is 11.8 Å². The van der Waals surface area contributed by atoms with Gasteiger partial charge in [-0.2, -0.15) is 0 Å². The number of amides is 2. The number of fused-ring (bicyclic) bond motifs is 1. The molecular weight excluding hydrogens is 390 g/mol. The van der Waals surface area contributed by atoms with E-state index in [9.17, 15) is 14.4 Å². The minimum absolute atomic E-state index is 0.00228. The summed E-state index contributed by atoms with van der Waals surface area (Å²) in [5, 5.41) is -0.526. The van der Waals surface area contributed by atoms with Crippen LogP contribution in [0.3, 0.4) is 0 Å². The molecule has 1 aromatic rings. The first-order chi connectivity index (χ1) is 11.8. The van der Waals surface area contributed by atoms with Crippen molar-refractivity contribution in [1.82, 2.24) is 4.90 Å². The van der Waals surface area contributed by atoms with E-state index < -0.39 is 11.1 Å². The SMILES string of the molecule is CC(=O)OCC1O[C@H](Br)[C@@H](N2C(=O)c3ccccc3C2=O)C(C)[C@@H]1C. The van der Waals surface area contributed by atoms with Gasteiger partial charge in [-0.3, -0.25) is 19.3 Å². The van der Waals surface area contributed by atoms with Crippen LogP contribution in [-0.4, -0.2) is 46.4 Å². The number of carbonyl (C=O) groups excluding carboxylic acids is 3. The summed E-state index contributed by atoms with van der Waals surface area (Å²) in [5.74, 6) is -0.979. The zero-order valence-corrected chi connectivity index (χ0v) is 15.9. The van der Waals surface area contributed by atoms with Crippen LogP contribution < -0.4 is 0 Å². The summed E-state index contributed by atoms with van der Waals surface area (Å²) in [7, 11) is 0. The Morgan fingerprint density at radius 1 is 1.16 bits per heavy atom. The molecule has 2 aliphatic heterocycles. The van der Waals surface area contributed by atoms with Crippen LogP contribution in [-0.2, 0) is 14.3 Å². The highest BCUT2D eigenvalue weighted by atomic mass is 79.9. The van der Waals surface area contributed by atoms with E-state index in [0.717, 1.165) is 0 Å². The van der Waals surface area contributed by atoms with Crippen molar-refractivity contribution in [1.29, 1.82) is 0 Å². The molecule has 0 radical (unpaired) electrons. The van der Waals surface area contributed by atoms with E-state index in [2.05, 4.69) is 15.9 Å². The maximum Gasteiger partial charge on any atom is 0.302 e. The van der Waals surface area contributed by atoms with Gasteiger partial charge in [-0.05, 0) is 24.0 Å². The van der Waals surface area contributed by atoms with E-state index >= 15 is 0 Å². The topological polar surface area (TPSA) is 72.9 Å². The van der Waals surface area contributed by atoms with Crippen LogP contribution >= 0.6 is 15.9 Å². The molecule has 6 nitrogen and oxygen atoms in total. The Morgan fingerprint density at radius 3 is 2.24 bits per heavy atom. The molecule has 0 bridgehead atoms. The number of ether oxygens (including phenoxy) is 2. The van der Waals surface area contributed by atoms with Gasteiger partial charge in [-0.15, -0.1) is 0 Å². The predicted octanol–water partition coefficient (Wildman–Crippen LogP) is 2.61. The third-order valence-electron chi connectivity index (χ3n) is 5.10. The average Bonchev–Trinajstić information content (AvgIpc) is 2.82. The van der Waals surface area contributed by atoms with Gasteiger partial charge in [0.1, 0.15) is 11.6 Å². The van der Waals surface area contributed by atoms with Crippen LogP contribution in [0.1, 0.15) is 41.5 Å². The lowest BCUT2D eigenvalue weighted by atomic mass is 9.82. The first-order valence-electron chi connectivity index (χ1n) is 8.22. The lowest BCUT2D eigenvalue weighted by Crippen LogP contribution is -2.57. The minimum atomic E-state index is -0.526. The number of alkyl halides is 1. The van der Waals surface area contributed by atoms with Crippen molar-refractivity contribution in [2.75, 3.05) is 6.61 Å². The van der Waals surface area contributed by atoms with Crippen LogP contribution in [0.2, 0.25) is 0 Å². The quantitative estimate of drug-likeness (QED) is 0.435. The molecule has 1 aromatic carbocycles. The molecule has 0 spiro atoms. The summed E-state index contributed by atoms with van der Waals surface area (Å²) < 4.78 is 11.0. The van der Waals surface area contributed by atoms with Crippen LogP contribution in [0.4, 0.5) is 0 Å². The van der Waals surface area contributed by atoms with E-state index in [-0.39, 0.29) is 42.3 Å². The lowest BCUT2D eigenvalue weighted by Gasteiger charge is -2.45. The third-order valence-corrected chi connectivity index (χ3v) is 5.86. The second-order valence-corrected chi connectivity index (χ2v) is 7.47. The van der Waals surface area contributed by atoms with Crippen LogP contribution in [0, 0.1) is 11.8 Å². The maximum absolute atomic E-state index is 12.8. The minimum Gasteiger partial charge on any atom is -0.463 e. The van der Waals surface area contributed by atoms with Gasteiger partial charge in [0.15, 0.2) is 0 Å². The van der Waals surface area contributed by atoms with Gasteiger partial charge in [0.2, 0.25) is 0 Å². The predicted molar refractivity (Wildman–Crippen MR) is 93.3 cm³/mol. The van der Waals surface area contributed by atoms with Gasteiger partial charge >= 0.3 is 5.97 Å². The van der Waals surface area contributed by atoms with Crippen molar-refractivity contribution in [2.45, 2.75) is 37.9 Å². The number of hydrogen-bond donors (Lipinski definition) is 0. The van der Waals surface area contributed by atoms with Crippen molar-refractivity contribution in [3.05, 3.63) is 35.4 Å². The Hall–Kier alpha value is -1.73. The highest BCUT2D eigenvalue weighted by molar-refractivity contribution is 9.09. The smallest absolute Gasteiger partial charge is 0.302 e. The van der Waals surface area contributed by atoms with Crippen molar-refractivity contribution in [3.63, 3.8) is 0 Å². The third kappa shape index (κ3) is 3.11. The Labute approximate surface area is 154 Å². The molecule has 1 saturated heterocycles. The first kappa shape index (κ1) is 18.1. The summed E-state index contributed by atoms with van der Waals surface area (Å²) in [4.78, 5) is 37.9. The van der Waals surface area contributed by atoms with Crippen LogP contribution in [0.25, 0.3) is 0 Å². The largest absolute Gasteiger partial charge is 0.463 e. The number of carbonyl (C=O) groups is 3. The molecule has 3 rings (SSSR count). The fourth-order valence-corrected chi connectivity index (χ4v) is 4.48. The van der Waals surface area contributed by atoms with Crippen molar-refractivity contribution >= 4 is 33.7 Å². The summed E-state index contributed by atoms with van der Waals surface area (Å²) in [6, 6.07) is 6.39. The molecule has 0 N–H and O–H groups in total. The van der Waals surface area contributed by atoms with Crippen molar-refractivity contribution in [3.8, 4) is 0 Å². The Morgan fingerprint density at radius 2 is 1.72 bits per heavy atom. The maximum atomic E-state index is 12.8. The average molecular weight is 410 g/mol. The van der Waals surface area contributed by atoms with E-state index in [1.54, 1.807) is 24.3 Å². The molecule has 25 heavy (non-hydrogen) atoms. The standard InChI is InChI=1S/C18H20BrNO5/c1-9-10(2)15(16(19)25-14(9)8-24-11(3)21)20-17(22)12-6-4-5-7-13(12)18(20)23/h4-7,9-10,14-16H,8H2,1-3H3/t9-,10?,14?,15-,16-/m0/s1. The van der Waals surface area contributed by atoms with E-state index in [1.165, 1.54) is 11.8 Å². The summed E-state index contributed by atoms with van der Waals surface area (Å²) in [6.07, 6.45) is -0.297. The van der Waals surface area contributed by atoms with E-state index in [0.29, 0.717) is 11.1 Å². The van der Waals surface area contributed by atoms with Gasteiger partial charge in [0, 0.05) is 6.92 Å². The normalized spacial score (nSPS) is 31.8. The fraction of sp³-hybridized carbons (Fsp3) is 0.500. The number of nitrogens with zero attached hydrogens (tertiary/aromatic N) is 1. The Kier molecular flexibility index (Phi) is 4.97. The molecule has 2 aliphatic rings. The number of imide groups is 1. The first-order valence-corrected chi connectivity index (χ1v) is 9.14. The molecule has 0 aliphatic carbocycles. The summed E-state index contributed by atoms with van der Waals surface area (Å²) >= 11 is 3.47. The molecule has 2 heterocycles. The number of benzene rings is 1. The molecule has 2 amide bonds. The number of esters is 1. The molecule has 0 saturated carbocycles. The number of halogens is 1. The molecule has 2 unspecified atom stereocenters. The fourth-order valence-electron chi connectivity index (χ4n) is 3.48. The van der Waals surface area contributed by atoms with Gasteiger partial charge < -0.3 is 9.47 Å². The molecule has 5 atom stereocenters. The van der Waals surface area contributed by atoms with Gasteiger partial charge in [-0.1, -0.05) is 41.9 Å². The van der Waals surface area contributed by atoms with Crippen molar-refractivity contribution < 1.29 is 23.9 Å². The highest BCUT2D eigenvalue weighted by Crippen LogP contribution is 2.39. The van der Waals surface area contributed by atoms with Crippen LogP contribution in [0.5, 0.6) is 0 Å². The second kappa shape index (κ2) is 6.88. The zero-order chi connectivity index (χ0) is 18.3. The van der Waals surface area contributed by atoms with Crippen LogP contribution in [0.15, 0.2) is 24.3 Å². The van der Waals surface area contributed by atoms with E-state index in [4.69, 9.17) is 9.47 Å². The monoisotopic (exact) mass is 409 g/mol. The molecule has 0 aromatic heterocycles. The highest BCUT2D eigenvalue weighted by Gasteiger charge is 2.50. The molecule has 134 valence electrons.